The van der Waals surface area contributed by atoms with Crippen LogP contribution in [-0.4, -0.2) is 67.8 Å². The van der Waals surface area contributed by atoms with Gasteiger partial charge in [-0.25, -0.2) is 0 Å². The van der Waals surface area contributed by atoms with Gasteiger partial charge in [0, 0.05) is 0 Å². The molecule has 15 unspecified atom stereocenters. The van der Waals surface area contributed by atoms with Crippen LogP contribution in [0, 0.1) is 62.6 Å². The van der Waals surface area contributed by atoms with Crippen molar-refractivity contribution in [1.29, 1.82) is 0 Å². The molecule has 0 bridgehead atoms. The van der Waals surface area contributed by atoms with E-state index in [0.29, 0.717) is 30.1 Å². The highest BCUT2D eigenvalue weighted by atomic mass is 16.4. The Bertz CT molecular complexity index is 955. The molecule has 15 atom stereocenters. The second-order valence-electron chi connectivity index (χ2n) is 17.5. The summed E-state index contributed by atoms with van der Waals surface area (Å²) in [6.07, 6.45) is 6.56. The first-order valence-electron chi connectivity index (χ1n) is 17.0. The Balaban J connectivity index is 1.38. The van der Waals surface area contributed by atoms with Crippen LogP contribution < -0.4 is 0 Å². The molecule has 6 nitrogen and oxygen atoms in total. The fraction of sp³-hybridized carbons (Fsp3) is 1.00. The Morgan fingerprint density at radius 1 is 0.732 bits per heavy atom. The monoisotopic (exact) mass is 578 g/mol. The first-order chi connectivity index (χ1) is 19.0. The van der Waals surface area contributed by atoms with E-state index in [1.807, 2.05) is 0 Å². The second-order valence-corrected chi connectivity index (χ2v) is 17.5. The summed E-state index contributed by atoms with van der Waals surface area (Å²) >= 11 is 0. The zero-order valence-electron chi connectivity index (χ0n) is 27.0. The second kappa shape index (κ2) is 10.7. The van der Waals surface area contributed by atoms with Crippen LogP contribution in [0.25, 0.3) is 0 Å². The minimum absolute atomic E-state index is 0.0545. The van der Waals surface area contributed by atoms with Crippen molar-refractivity contribution in [2.45, 2.75) is 150 Å². The van der Waals surface area contributed by atoms with Crippen LogP contribution in [0.2, 0.25) is 0 Å². The van der Waals surface area contributed by atoms with E-state index in [4.69, 9.17) is 5.11 Å². The van der Waals surface area contributed by atoms with Crippen molar-refractivity contribution >= 4 is 0 Å². The number of hydrogen-bond acceptors (Lipinski definition) is 6. The quantitative estimate of drug-likeness (QED) is 0.255. The Morgan fingerprint density at radius 2 is 1.41 bits per heavy atom. The Labute approximate surface area is 249 Å². The minimum atomic E-state index is -1.32. The van der Waals surface area contributed by atoms with E-state index in [2.05, 4.69) is 48.5 Å². The normalized spacial score (nSPS) is 51.9. The van der Waals surface area contributed by atoms with Gasteiger partial charge in [-0.3, -0.25) is 0 Å². The molecule has 5 rings (SSSR count). The van der Waals surface area contributed by atoms with Crippen LogP contribution in [0.4, 0.5) is 0 Å². The van der Waals surface area contributed by atoms with Crippen molar-refractivity contribution in [3.05, 3.63) is 0 Å². The van der Waals surface area contributed by atoms with Crippen molar-refractivity contribution < 1.29 is 30.6 Å². The molecule has 6 heteroatoms. The Kier molecular flexibility index (Phi) is 8.38. The Hall–Kier alpha value is -0.240. The molecule has 5 saturated carbocycles. The molecule has 0 heterocycles. The highest BCUT2D eigenvalue weighted by Crippen LogP contribution is 2.78. The van der Waals surface area contributed by atoms with Crippen LogP contribution in [0.1, 0.15) is 119 Å². The summed E-state index contributed by atoms with van der Waals surface area (Å²) in [6, 6.07) is 0. The average molecular weight is 579 g/mol. The lowest BCUT2D eigenvalue weighted by molar-refractivity contribution is -0.294. The first kappa shape index (κ1) is 32.2. The summed E-state index contributed by atoms with van der Waals surface area (Å²) in [5.41, 5.74) is 0.127. The molecule has 0 saturated heterocycles. The van der Waals surface area contributed by atoms with Gasteiger partial charge in [0.25, 0.3) is 0 Å². The van der Waals surface area contributed by atoms with Crippen molar-refractivity contribution in [3.8, 4) is 0 Å². The molecule has 6 N–H and O–H groups in total. The summed E-state index contributed by atoms with van der Waals surface area (Å²) in [7, 11) is 0. The lowest BCUT2D eigenvalue weighted by Crippen LogP contribution is -2.71. The van der Waals surface area contributed by atoms with Crippen molar-refractivity contribution in [3.63, 3.8) is 0 Å². The summed E-state index contributed by atoms with van der Waals surface area (Å²) in [5.74, 6) is 2.35. The van der Waals surface area contributed by atoms with Gasteiger partial charge in [-0.15, -0.1) is 0 Å². The fourth-order valence-corrected chi connectivity index (χ4v) is 13.4. The molecular formula is C35H62O6. The third-order valence-electron chi connectivity index (χ3n) is 15.2. The number of rotatable bonds is 7. The topological polar surface area (TPSA) is 121 Å². The van der Waals surface area contributed by atoms with E-state index in [9.17, 15) is 25.5 Å². The highest BCUT2D eigenvalue weighted by Gasteiger charge is 2.73. The summed E-state index contributed by atoms with van der Waals surface area (Å²) in [4.78, 5) is 0. The minimum Gasteiger partial charge on any atom is -0.394 e. The summed E-state index contributed by atoms with van der Waals surface area (Å²) in [6.45, 7) is 16.3. The van der Waals surface area contributed by atoms with Gasteiger partial charge in [-0.05, 0) is 127 Å². The maximum absolute atomic E-state index is 12.2. The summed E-state index contributed by atoms with van der Waals surface area (Å²) in [5, 5.41) is 63.6. The Morgan fingerprint density at radius 3 is 2.07 bits per heavy atom. The molecule has 5 aliphatic carbocycles. The smallest absolute Gasteiger partial charge is 0.108 e. The molecule has 0 radical (unpaired) electrons. The van der Waals surface area contributed by atoms with E-state index >= 15 is 0 Å². The number of hydrogen-bond donors (Lipinski definition) is 6. The first-order valence-corrected chi connectivity index (χ1v) is 17.0. The van der Waals surface area contributed by atoms with Crippen molar-refractivity contribution in [2.75, 3.05) is 6.61 Å². The molecular weight excluding hydrogens is 516 g/mol. The molecule has 0 amide bonds. The SMILES string of the molecule is CC(CCC(O)C(O)C(O)CO)C1CCC2(C)C1CCC1(C)C2CC(O)C2C3(C)CCCC(C)(C)C3C(O)CC21C. The lowest BCUT2D eigenvalue weighted by atomic mass is 9.31. The predicted molar refractivity (Wildman–Crippen MR) is 161 cm³/mol. The van der Waals surface area contributed by atoms with E-state index in [-0.39, 0.29) is 51.1 Å². The molecule has 5 fully saturated rings. The molecule has 0 aromatic rings. The van der Waals surface area contributed by atoms with Gasteiger partial charge in [-0.2, -0.15) is 0 Å². The van der Waals surface area contributed by atoms with E-state index in [1.165, 1.54) is 12.8 Å². The fourth-order valence-electron chi connectivity index (χ4n) is 13.4. The zero-order valence-corrected chi connectivity index (χ0v) is 27.0. The van der Waals surface area contributed by atoms with Gasteiger partial charge < -0.3 is 30.6 Å². The van der Waals surface area contributed by atoms with Gasteiger partial charge in [0.2, 0.25) is 0 Å². The van der Waals surface area contributed by atoms with Crippen LogP contribution >= 0.6 is 0 Å². The van der Waals surface area contributed by atoms with Gasteiger partial charge in [0.15, 0.2) is 0 Å². The highest BCUT2D eigenvalue weighted by molar-refractivity contribution is 5.22. The lowest BCUT2D eigenvalue weighted by Gasteiger charge is -2.74. The van der Waals surface area contributed by atoms with Crippen LogP contribution in [0.5, 0.6) is 0 Å². The van der Waals surface area contributed by atoms with Crippen LogP contribution in [0.3, 0.4) is 0 Å². The maximum Gasteiger partial charge on any atom is 0.108 e. The van der Waals surface area contributed by atoms with Crippen LogP contribution in [0.15, 0.2) is 0 Å². The predicted octanol–water partition coefficient (Wildman–Crippen LogP) is 4.91. The summed E-state index contributed by atoms with van der Waals surface area (Å²) < 4.78 is 0. The molecule has 0 spiro atoms. The van der Waals surface area contributed by atoms with E-state index < -0.39 is 24.9 Å². The maximum atomic E-state index is 12.2. The number of aliphatic hydroxyl groups is 6. The van der Waals surface area contributed by atoms with Crippen LogP contribution in [-0.2, 0) is 0 Å². The van der Waals surface area contributed by atoms with Crippen molar-refractivity contribution in [1.82, 2.24) is 0 Å². The molecule has 0 aliphatic heterocycles. The number of aliphatic hydroxyl groups excluding tert-OH is 6. The molecule has 41 heavy (non-hydrogen) atoms. The zero-order chi connectivity index (χ0) is 30.3. The third kappa shape index (κ3) is 4.62. The molecule has 0 aromatic carbocycles. The standard InChI is InChI=1S/C35H62O6/c1-20(9-10-23(37)28(41)26(40)19-36)21-11-15-32(4)22(21)12-16-34(6)27(32)17-24(38)30-33(5)14-8-13-31(2,3)29(33)25(39)18-35(30,34)7/h20-30,36-41H,8-19H2,1-7H3. The van der Waals surface area contributed by atoms with E-state index in [0.717, 1.165) is 51.4 Å². The van der Waals surface area contributed by atoms with Crippen molar-refractivity contribution in [2.24, 2.45) is 62.6 Å². The van der Waals surface area contributed by atoms with Gasteiger partial charge >= 0.3 is 0 Å². The molecule has 238 valence electrons. The number of fused-ring (bicyclic) bond motifs is 7. The van der Waals surface area contributed by atoms with Gasteiger partial charge in [0.05, 0.1) is 24.9 Å². The largest absolute Gasteiger partial charge is 0.394 e. The van der Waals surface area contributed by atoms with E-state index in [1.54, 1.807) is 0 Å². The third-order valence-corrected chi connectivity index (χ3v) is 15.2. The van der Waals surface area contributed by atoms with Gasteiger partial charge in [-0.1, -0.05) is 54.9 Å². The molecule has 0 aromatic heterocycles. The van der Waals surface area contributed by atoms with Gasteiger partial charge in [0.1, 0.15) is 12.2 Å². The molecule has 5 aliphatic rings. The average Bonchev–Trinajstić information content (AvgIpc) is 3.23.